The summed E-state index contributed by atoms with van der Waals surface area (Å²) in [6.45, 7) is 3.33. The molecule has 0 aromatic heterocycles. The van der Waals surface area contributed by atoms with Gasteiger partial charge in [-0.15, -0.1) is 6.58 Å². The van der Waals surface area contributed by atoms with Crippen molar-refractivity contribution < 1.29 is 24.2 Å². The number of ether oxygens (including phenoxy) is 1. The highest BCUT2D eigenvalue weighted by molar-refractivity contribution is 9.10. The lowest BCUT2D eigenvalue weighted by atomic mass is 9.98. The highest BCUT2D eigenvalue weighted by atomic mass is 79.9. The molecule has 3 aromatic carbocycles. The molecule has 0 unspecified atom stereocenters. The molecule has 0 heterocycles. The Morgan fingerprint density at radius 2 is 1.66 bits per heavy atom. The number of carbonyl (C=O) groups excluding carboxylic acids is 2. The molecule has 0 aliphatic heterocycles. The lowest BCUT2D eigenvalue weighted by Crippen LogP contribution is -2.36. The van der Waals surface area contributed by atoms with E-state index in [9.17, 15) is 14.4 Å². The van der Waals surface area contributed by atoms with Crippen molar-refractivity contribution in [2.24, 2.45) is 0 Å². The topological polar surface area (TPSA) is 95.9 Å². The van der Waals surface area contributed by atoms with E-state index in [4.69, 9.17) is 9.84 Å². The van der Waals surface area contributed by atoms with E-state index in [1.165, 1.54) is 12.1 Å². The van der Waals surface area contributed by atoms with E-state index in [1.54, 1.807) is 12.1 Å². The normalized spacial score (nSPS) is 11.8. The average Bonchev–Trinajstić information content (AvgIpc) is 3.17. The summed E-state index contributed by atoms with van der Waals surface area (Å²) in [5.74, 6) is -1.71. The molecular weight excluding hydrogens is 512 g/mol. The van der Waals surface area contributed by atoms with Gasteiger partial charge in [0.15, 0.2) is 0 Å². The number of aliphatic carboxylic acids is 1. The zero-order valence-electron chi connectivity index (χ0n) is 18.7. The van der Waals surface area contributed by atoms with Crippen molar-refractivity contribution in [2.45, 2.75) is 5.92 Å². The Morgan fingerprint density at radius 1 is 1.03 bits per heavy atom. The minimum Gasteiger partial charge on any atom is -0.480 e. The summed E-state index contributed by atoms with van der Waals surface area (Å²) in [7, 11) is 0. The Kier molecular flexibility index (Phi) is 7.31. The third kappa shape index (κ3) is 5.27. The quantitative estimate of drug-likeness (QED) is 0.371. The molecule has 2 N–H and O–H groups in total. The highest BCUT2D eigenvalue weighted by Crippen LogP contribution is 2.44. The van der Waals surface area contributed by atoms with Gasteiger partial charge in [-0.3, -0.25) is 14.9 Å². The van der Waals surface area contributed by atoms with Gasteiger partial charge in [0.05, 0.1) is 5.56 Å². The lowest BCUT2D eigenvalue weighted by molar-refractivity contribution is -0.137. The summed E-state index contributed by atoms with van der Waals surface area (Å²) in [5.41, 5.74) is 5.06. The van der Waals surface area contributed by atoms with E-state index in [2.05, 4.69) is 40.0 Å². The molecule has 0 bridgehead atoms. The summed E-state index contributed by atoms with van der Waals surface area (Å²) in [4.78, 5) is 37.8. The number of halogens is 1. The Balaban J connectivity index is 1.46. The molecule has 4 rings (SSSR count). The van der Waals surface area contributed by atoms with Gasteiger partial charge in [0, 0.05) is 22.6 Å². The molecule has 0 atom stereocenters. The monoisotopic (exact) mass is 534 g/mol. The third-order valence-electron chi connectivity index (χ3n) is 5.75. The van der Waals surface area contributed by atoms with E-state index in [-0.39, 0.29) is 24.6 Å². The number of rotatable bonds is 8. The summed E-state index contributed by atoms with van der Waals surface area (Å²) in [6, 6.07) is 20.8. The minimum absolute atomic E-state index is 0.0707. The molecule has 1 aliphatic carbocycles. The number of benzene rings is 3. The van der Waals surface area contributed by atoms with Crippen molar-refractivity contribution in [3.05, 3.63) is 101 Å². The van der Waals surface area contributed by atoms with Crippen LogP contribution in [0.25, 0.3) is 11.1 Å². The minimum atomic E-state index is -1.13. The maximum Gasteiger partial charge on any atom is 0.411 e. The zero-order valence-corrected chi connectivity index (χ0v) is 20.3. The summed E-state index contributed by atoms with van der Waals surface area (Å²) >= 11 is 3.32. The Labute approximate surface area is 211 Å². The van der Waals surface area contributed by atoms with E-state index in [1.807, 2.05) is 36.4 Å². The average molecular weight is 535 g/mol. The first kappa shape index (κ1) is 24.2. The van der Waals surface area contributed by atoms with Crippen molar-refractivity contribution >= 4 is 39.6 Å². The molecule has 0 fully saturated rings. The van der Waals surface area contributed by atoms with Gasteiger partial charge in [0.2, 0.25) is 0 Å². The van der Waals surface area contributed by atoms with Crippen LogP contribution in [0.1, 0.15) is 27.4 Å². The standard InChI is InChI=1S/C27H23BrN2O5/c1-2-13-30(15-25(31)32)26(33)22-14-17(11-12-24(22)28)29-27(34)35-16-23-20-9-5-3-7-18(20)19-8-4-6-10-21(19)23/h2-12,14,23H,1,13,15-16H2,(H,29,34)(H,31,32). The van der Waals surface area contributed by atoms with Crippen molar-refractivity contribution in [1.82, 2.24) is 4.90 Å². The highest BCUT2D eigenvalue weighted by Gasteiger charge is 2.29. The molecule has 2 amide bonds. The molecule has 8 heteroatoms. The fourth-order valence-electron chi connectivity index (χ4n) is 4.23. The van der Waals surface area contributed by atoms with Gasteiger partial charge in [-0.1, -0.05) is 54.6 Å². The van der Waals surface area contributed by atoms with Gasteiger partial charge in [-0.25, -0.2) is 4.79 Å². The van der Waals surface area contributed by atoms with E-state index < -0.39 is 24.5 Å². The predicted octanol–water partition coefficient (Wildman–Crippen LogP) is 5.52. The Bertz CT molecular complexity index is 1260. The van der Waals surface area contributed by atoms with Crippen LogP contribution < -0.4 is 5.32 Å². The zero-order chi connectivity index (χ0) is 24.9. The number of carboxylic acids is 1. The van der Waals surface area contributed by atoms with Crippen LogP contribution in [-0.2, 0) is 9.53 Å². The van der Waals surface area contributed by atoms with Crippen LogP contribution >= 0.6 is 15.9 Å². The van der Waals surface area contributed by atoms with Crippen molar-refractivity contribution in [1.29, 1.82) is 0 Å². The number of anilines is 1. The first-order chi connectivity index (χ1) is 16.9. The SMILES string of the molecule is C=CCN(CC(=O)O)C(=O)c1cc(NC(=O)OCC2c3ccccc3-c3ccccc32)ccc1Br. The van der Waals surface area contributed by atoms with Gasteiger partial charge in [0.25, 0.3) is 5.91 Å². The number of nitrogens with zero attached hydrogens (tertiary/aromatic N) is 1. The maximum atomic E-state index is 12.9. The molecule has 0 radical (unpaired) electrons. The molecule has 0 saturated carbocycles. The summed E-state index contributed by atoms with van der Waals surface area (Å²) in [5, 5.41) is 11.8. The van der Waals surface area contributed by atoms with Crippen molar-refractivity contribution in [2.75, 3.05) is 25.0 Å². The van der Waals surface area contributed by atoms with Crippen LogP contribution in [0.2, 0.25) is 0 Å². The van der Waals surface area contributed by atoms with Gasteiger partial charge >= 0.3 is 12.1 Å². The first-order valence-corrected chi connectivity index (χ1v) is 11.7. The Hall–Kier alpha value is -3.91. The second kappa shape index (κ2) is 10.6. The fraction of sp³-hybridized carbons (Fsp3) is 0.148. The second-order valence-electron chi connectivity index (χ2n) is 8.01. The predicted molar refractivity (Wildman–Crippen MR) is 137 cm³/mol. The van der Waals surface area contributed by atoms with Crippen LogP contribution in [0.5, 0.6) is 0 Å². The van der Waals surface area contributed by atoms with Gasteiger partial charge in [-0.05, 0) is 56.4 Å². The fourth-order valence-corrected chi connectivity index (χ4v) is 4.64. The number of hydrogen-bond acceptors (Lipinski definition) is 4. The molecule has 0 saturated heterocycles. The van der Waals surface area contributed by atoms with Crippen molar-refractivity contribution in [3.63, 3.8) is 0 Å². The number of fused-ring (bicyclic) bond motifs is 3. The molecule has 1 aliphatic rings. The van der Waals surface area contributed by atoms with Gasteiger partial charge in [0.1, 0.15) is 13.2 Å². The van der Waals surface area contributed by atoms with Gasteiger partial charge < -0.3 is 14.7 Å². The number of nitrogens with one attached hydrogen (secondary N) is 1. The molecule has 7 nitrogen and oxygen atoms in total. The Morgan fingerprint density at radius 3 is 2.26 bits per heavy atom. The van der Waals surface area contributed by atoms with Crippen LogP contribution in [0.15, 0.2) is 83.9 Å². The molecule has 35 heavy (non-hydrogen) atoms. The largest absolute Gasteiger partial charge is 0.480 e. The van der Waals surface area contributed by atoms with Crippen LogP contribution in [-0.4, -0.2) is 47.7 Å². The van der Waals surface area contributed by atoms with Crippen LogP contribution in [0, 0.1) is 0 Å². The number of hydrogen-bond donors (Lipinski definition) is 2. The number of carboxylic acid groups (broad SMARTS) is 1. The molecule has 3 aromatic rings. The van der Waals surface area contributed by atoms with E-state index >= 15 is 0 Å². The van der Waals surface area contributed by atoms with Gasteiger partial charge in [-0.2, -0.15) is 0 Å². The lowest BCUT2D eigenvalue weighted by Gasteiger charge is -2.20. The molecule has 178 valence electrons. The smallest absolute Gasteiger partial charge is 0.411 e. The third-order valence-corrected chi connectivity index (χ3v) is 6.44. The number of carbonyl (C=O) groups is 3. The molecular formula is C27H23BrN2O5. The van der Waals surface area contributed by atoms with Crippen molar-refractivity contribution in [3.8, 4) is 11.1 Å². The maximum absolute atomic E-state index is 12.9. The summed E-state index contributed by atoms with van der Waals surface area (Å²) < 4.78 is 6.04. The van der Waals surface area contributed by atoms with E-state index in [0.717, 1.165) is 27.2 Å². The second-order valence-corrected chi connectivity index (χ2v) is 8.87. The van der Waals surface area contributed by atoms with Crippen LogP contribution in [0.3, 0.4) is 0 Å². The molecule has 0 spiro atoms. The van der Waals surface area contributed by atoms with E-state index in [0.29, 0.717) is 10.2 Å². The summed E-state index contributed by atoms with van der Waals surface area (Å²) in [6.07, 6.45) is 0.800. The first-order valence-electron chi connectivity index (χ1n) is 10.9. The van der Waals surface area contributed by atoms with Crippen LogP contribution in [0.4, 0.5) is 10.5 Å². The number of amides is 2.